The van der Waals surface area contributed by atoms with Crippen LogP contribution in [0.15, 0.2) is 78.6 Å². The Morgan fingerprint density at radius 2 is 1.74 bits per heavy atom. The van der Waals surface area contributed by atoms with E-state index in [-0.39, 0.29) is 11.7 Å². The second kappa shape index (κ2) is 7.17. The molecule has 134 valence electrons. The van der Waals surface area contributed by atoms with Crippen LogP contribution in [0.3, 0.4) is 0 Å². The zero-order chi connectivity index (χ0) is 18.8. The second-order valence-electron chi connectivity index (χ2n) is 6.27. The Morgan fingerprint density at radius 1 is 1.00 bits per heavy atom. The van der Waals surface area contributed by atoms with Gasteiger partial charge in [0.05, 0.1) is 12.2 Å². The lowest BCUT2D eigenvalue weighted by molar-refractivity contribution is -0.117. The molecule has 3 aromatic carbocycles. The molecule has 5 heteroatoms. The van der Waals surface area contributed by atoms with E-state index in [4.69, 9.17) is 22.1 Å². The van der Waals surface area contributed by atoms with E-state index in [0.717, 1.165) is 11.1 Å². The van der Waals surface area contributed by atoms with E-state index in [9.17, 15) is 4.79 Å². The van der Waals surface area contributed by atoms with Crippen LogP contribution in [0.2, 0.25) is 5.02 Å². The number of ether oxygens (including phenoxy) is 1. The number of nitrogens with two attached hydrogens (primary N) is 1. The number of rotatable bonds is 3. The van der Waals surface area contributed by atoms with Crippen LogP contribution in [0.4, 0.5) is 11.4 Å². The van der Waals surface area contributed by atoms with Crippen molar-refractivity contribution >= 4 is 35.0 Å². The number of carbonyl (C=O) groups excluding carboxylic acids is 1. The molecule has 2 N–H and O–H groups in total. The van der Waals surface area contributed by atoms with Crippen molar-refractivity contribution in [3.8, 4) is 5.75 Å². The summed E-state index contributed by atoms with van der Waals surface area (Å²) in [5.74, 6) is 0.652. The summed E-state index contributed by atoms with van der Waals surface area (Å²) < 4.78 is 5.88. The van der Waals surface area contributed by atoms with Gasteiger partial charge in [-0.2, -0.15) is 0 Å². The van der Waals surface area contributed by atoms with E-state index < -0.39 is 0 Å². The molecule has 0 fully saturated rings. The van der Waals surface area contributed by atoms with E-state index in [1.807, 2.05) is 54.6 Å². The van der Waals surface area contributed by atoms with Crippen molar-refractivity contribution in [2.75, 3.05) is 10.6 Å². The molecule has 0 bridgehead atoms. The number of nitrogen functional groups attached to an aromatic ring is 1. The number of nitrogens with zero attached hydrogens (tertiary/aromatic N) is 1. The van der Waals surface area contributed by atoms with Crippen molar-refractivity contribution in [3.05, 3.63) is 94.7 Å². The molecule has 1 heterocycles. The molecule has 0 unspecified atom stereocenters. The lowest BCUT2D eigenvalue weighted by atomic mass is 10.1. The minimum atomic E-state index is -0.216. The smallest absolute Gasteiger partial charge is 0.294 e. The minimum absolute atomic E-state index is 0.216. The van der Waals surface area contributed by atoms with Gasteiger partial charge in [-0.05, 0) is 47.5 Å². The molecule has 27 heavy (non-hydrogen) atoms. The van der Waals surface area contributed by atoms with Gasteiger partial charge >= 0.3 is 0 Å². The molecular formula is C22H17ClN2O2. The third-order valence-electron chi connectivity index (χ3n) is 4.30. The summed E-state index contributed by atoms with van der Waals surface area (Å²) in [6.07, 6.45) is 1.75. The first-order valence-electron chi connectivity index (χ1n) is 8.50. The summed E-state index contributed by atoms with van der Waals surface area (Å²) in [5.41, 5.74) is 9.01. The molecule has 4 nitrogen and oxygen atoms in total. The van der Waals surface area contributed by atoms with Crippen LogP contribution < -0.4 is 15.4 Å². The van der Waals surface area contributed by atoms with Gasteiger partial charge in [0.25, 0.3) is 5.91 Å². The highest BCUT2D eigenvalue weighted by Gasteiger charge is 2.30. The maximum atomic E-state index is 13.1. The molecule has 0 aliphatic carbocycles. The Morgan fingerprint density at radius 3 is 2.48 bits per heavy atom. The van der Waals surface area contributed by atoms with Gasteiger partial charge in [-0.3, -0.25) is 9.69 Å². The molecule has 1 aliphatic rings. The van der Waals surface area contributed by atoms with Gasteiger partial charge in [0, 0.05) is 10.7 Å². The Labute approximate surface area is 162 Å². The van der Waals surface area contributed by atoms with Gasteiger partial charge in [0.2, 0.25) is 0 Å². The van der Waals surface area contributed by atoms with Gasteiger partial charge < -0.3 is 10.5 Å². The van der Waals surface area contributed by atoms with Crippen molar-refractivity contribution < 1.29 is 9.53 Å². The highest BCUT2D eigenvalue weighted by atomic mass is 35.5. The number of carbonyl (C=O) groups is 1. The zero-order valence-corrected chi connectivity index (χ0v) is 15.2. The summed E-state index contributed by atoms with van der Waals surface area (Å²) in [6, 6.07) is 22.3. The first kappa shape index (κ1) is 17.2. The Kier molecular flexibility index (Phi) is 4.57. The molecule has 0 aromatic heterocycles. The van der Waals surface area contributed by atoms with Crippen molar-refractivity contribution in [1.82, 2.24) is 0 Å². The second-order valence-corrected chi connectivity index (χ2v) is 6.70. The number of halogens is 1. The number of benzene rings is 3. The number of hydrogen-bond acceptors (Lipinski definition) is 3. The third kappa shape index (κ3) is 3.66. The predicted octanol–water partition coefficient (Wildman–Crippen LogP) is 4.89. The van der Waals surface area contributed by atoms with Crippen LogP contribution in [0.5, 0.6) is 5.75 Å². The normalized spacial score (nSPS) is 14.8. The average Bonchev–Trinajstić information content (AvgIpc) is 2.68. The molecule has 4 rings (SSSR count). The first-order valence-corrected chi connectivity index (χ1v) is 8.88. The van der Waals surface area contributed by atoms with Crippen molar-refractivity contribution in [2.45, 2.75) is 6.54 Å². The minimum Gasteiger partial charge on any atom is -0.449 e. The molecule has 0 saturated heterocycles. The molecule has 0 atom stereocenters. The van der Waals surface area contributed by atoms with Crippen LogP contribution in [0.25, 0.3) is 6.08 Å². The Bertz CT molecular complexity index is 1010. The summed E-state index contributed by atoms with van der Waals surface area (Å²) in [6.45, 7) is 0.391. The molecule has 3 aromatic rings. The largest absolute Gasteiger partial charge is 0.449 e. The number of anilines is 2. The molecule has 1 amide bonds. The summed E-state index contributed by atoms with van der Waals surface area (Å²) in [5, 5.41) is 0.654. The Balaban J connectivity index is 1.75. The van der Waals surface area contributed by atoms with E-state index in [2.05, 4.69) is 0 Å². The van der Waals surface area contributed by atoms with Crippen molar-refractivity contribution in [1.29, 1.82) is 0 Å². The van der Waals surface area contributed by atoms with Crippen LogP contribution in [0, 0.1) is 0 Å². The van der Waals surface area contributed by atoms with Crippen LogP contribution >= 0.6 is 11.6 Å². The van der Waals surface area contributed by atoms with E-state index in [1.165, 1.54) is 0 Å². The highest BCUT2D eigenvalue weighted by Crippen LogP contribution is 2.38. The van der Waals surface area contributed by atoms with Crippen LogP contribution in [-0.2, 0) is 11.3 Å². The molecule has 0 radical (unpaired) electrons. The quantitative estimate of drug-likeness (QED) is 0.523. The van der Waals surface area contributed by atoms with Gasteiger partial charge in [-0.1, -0.05) is 54.1 Å². The van der Waals surface area contributed by atoms with Gasteiger partial charge in [-0.25, -0.2) is 0 Å². The SMILES string of the molecule is Nc1ccc2c(c1)N(Cc1ccc(Cl)cc1)C(=O)/C(=C\c1ccccc1)O2. The molecule has 0 spiro atoms. The standard InChI is InChI=1S/C22H17ClN2O2/c23-17-8-6-16(7-9-17)14-25-19-13-18(24)10-11-20(19)27-21(22(25)26)12-15-4-2-1-3-5-15/h1-13H,14,24H2/b21-12+. The van der Waals surface area contributed by atoms with Crippen molar-refractivity contribution in [2.24, 2.45) is 0 Å². The summed E-state index contributed by atoms with van der Waals surface area (Å²) in [4.78, 5) is 14.8. The third-order valence-corrected chi connectivity index (χ3v) is 4.55. The average molecular weight is 377 g/mol. The van der Waals surface area contributed by atoms with Gasteiger partial charge in [0.15, 0.2) is 11.5 Å². The van der Waals surface area contributed by atoms with Gasteiger partial charge in [-0.15, -0.1) is 0 Å². The Hall–Kier alpha value is -3.24. The van der Waals surface area contributed by atoms with Gasteiger partial charge in [0.1, 0.15) is 0 Å². The zero-order valence-electron chi connectivity index (χ0n) is 14.4. The fourth-order valence-corrected chi connectivity index (χ4v) is 3.08. The molecule has 1 aliphatic heterocycles. The molecular weight excluding hydrogens is 360 g/mol. The van der Waals surface area contributed by atoms with Crippen LogP contribution in [-0.4, -0.2) is 5.91 Å². The first-order chi connectivity index (χ1) is 13.1. The van der Waals surface area contributed by atoms with Crippen LogP contribution in [0.1, 0.15) is 11.1 Å². The monoisotopic (exact) mass is 376 g/mol. The predicted molar refractivity (Wildman–Crippen MR) is 109 cm³/mol. The van der Waals surface area contributed by atoms with Crippen molar-refractivity contribution in [3.63, 3.8) is 0 Å². The maximum Gasteiger partial charge on any atom is 0.294 e. The summed E-state index contributed by atoms with van der Waals surface area (Å²) in [7, 11) is 0. The van der Waals surface area contributed by atoms with E-state index in [1.54, 1.807) is 29.2 Å². The fourth-order valence-electron chi connectivity index (χ4n) is 2.96. The maximum absolute atomic E-state index is 13.1. The number of fused-ring (bicyclic) bond motifs is 1. The summed E-state index contributed by atoms with van der Waals surface area (Å²) >= 11 is 5.97. The lowest BCUT2D eigenvalue weighted by Crippen LogP contribution is -2.36. The molecule has 0 saturated carbocycles. The number of amides is 1. The topological polar surface area (TPSA) is 55.6 Å². The fraction of sp³-hybridized carbons (Fsp3) is 0.0455. The highest BCUT2D eigenvalue weighted by molar-refractivity contribution is 6.30. The van der Waals surface area contributed by atoms with E-state index >= 15 is 0 Å². The lowest BCUT2D eigenvalue weighted by Gasteiger charge is -2.31. The number of hydrogen-bond donors (Lipinski definition) is 1. The van der Waals surface area contributed by atoms with E-state index in [0.29, 0.717) is 28.7 Å².